The molecule has 3 aromatic heterocycles. The molecular formula is C16H21N3S2. The number of rotatable bonds is 6. The number of fused-ring (bicyclic) bond motifs is 1. The van der Waals surface area contributed by atoms with E-state index in [0.717, 1.165) is 25.1 Å². The molecule has 3 nitrogen and oxygen atoms in total. The zero-order valence-electron chi connectivity index (χ0n) is 12.7. The molecule has 3 rings (SSSR count). The van der Waals surface area contributed by atoms with Gasteiger partial charge in [-0.25, -0.2) is 0 Å². The van der Waals surface area contributed by atoms with E-state index in [4.69, 9.17) is 0 Å². The van der Waals surface area contributed by atoms with E-state index in [1.165, 1.54) is 20.0 Å². The summed E-state index contributed by atoms with van der Waals surface area (Å²) in [5.41, 5.74) is 2.38. The van der Waals surface area contributed by atoms with Crippen LogP contribution in [0, 0.1) is 6.92 Å². The molecule has 0 radical (unpaired) electrons. The van der Waals surface area contributed by atoms with Gasteiger partial charge in [-0.15, -0.1) is 22.7 Å². The van der Waals surface area contributed by atoms with Gasteiger partial charge in [0.05, 0.1) is 5.69 Å². The van der Waals surface area contributed by atoms with E-state index in [2.05, 4.69) is 47.8 Å². The summed E-state index contributed by atoms with van der Waals surface area (Å²) in [7, 11) is 2.03. The summed E-state index contributed by atoms with van der Waals surface area (Å²) in [6.45, 7) is 5.32. The highest BCUT2D eigenvalue weighted by Gasteiger charge is 2.17. The average Bonchev–Trinajstić information content (AvgIpc) is 3.09. The quantitative estimate of drug-likeness (QED) is 0.734. The van der Waals surface area contributed by atoms with Gasteiger partial charge in [-0.2, -0.15) is 5.10 Å². The molecule has 0 bridgehead atoms. The van der Waals surface area contributed by atoms with Crippen molar-refractivity contribution in [1.29, 1.82) is 0 Å². The Morgan fingerprint density at radius 2 is 2.19 bits per heavy atom. The van der Waals surface area contributed by atoms with Crippen LogP contribution in [0.4, 0.5) is 0 Å². The van der Waals surface area contributed by atoms with Gasteiger partial charge in [0, 0.05) is 39.5 Å². The van der Waals surface area contributed by atoms with Crippen molar-refractivity contribution in [2.24, 2.45) is 7.05 Å². The van der Waals surface area contributed by atoms with Crippen molar-refractivity contribution < 1.29 is 0 Å². The van der Waals surface area contributed by atoms with Crippen LogP contribution < -0.4 is 5.32 Å². The topological polar surface area (TPSA) is 29.9 Å². The number of thiophene rings is 2. The Morgan fingerprint density at radius 1 is 1.33 bits per heavy atom. The maximum Gasteiger partial charge on any atom is 0.0596 e. The maximum atomic E-state index is 4.47. The molecule has 0 saturated carbocycles. The standard InChI is InChI=1S/C16H21N3S2/c1-4-6-17-13(9-12-8-11(2)18-19(12)3)15-10-16-14(21-15)5-7-20-16/h5,7-8,10,13,17H,4,6,9H2,1-3H3. The van der Waals surface area contributed by atoms with Crippen LogP contribution in [-0.2, 0) is 13.5 Å². The van der Waals surface area contributed by atoms with Crippen LogP contribution in [0.2, 0.25) is 0 Å². The number of nitrogens with zero attached hydrogens (tertiary/aromatic N) is 2. The van der Waals surface area contributed by atoms with Crippen molar-refractivity contribution in [1.82, 2.24) is 15.1 Å². The van der Waals surface area contributed by atoms with E-state index in [-0.39, 0.29) is 0 Å². The lowest BCUT2D eigenvalue weighted by Gasteiger charge is -2.17. The minimum absolute atomic E-state index is 0.379. The highest BCUT2D eigenvalue weighted by atomic mass is 32.1. The Kier molecular flexibility index (Phi) is 4.42. The van der Waals surface area contributed by atoms with Gasteiger partial charge in [0.25, 0.3) is 0 Å². The minimum atomic E-state index is 0.379. The van der Waals surface area contributed by atoms with Crippen LogP contribution in [0.15, 0.2) is 23.6 Å². The van der Waals surface area contributed by atoms with Crippen LogP contribution in [0.3, 0.4) is 0 Å². The van der Waals surface area contributed by atoms with Gasteiger partial charge < -0.3 is 5.32 Å². The summed E-state index contributed by atoms with van der Waals surface area (Å²) in [4.78, 5) is 1.43. The number of hydrogen-bond donors (Lipinski definition) is 1. The largest absolute Gasteiger partial charge is 0.309 e. The van der Waals surface area contributed by atoms with Crippen LogP contribution in [-0.4, -0.2) is 16.3 Å². The van der Waals surface area contributed by atoms with Gasteiger partial charge in [-0.3, -0.25) is 4.68 Å². The number of hydrogen-bond acceptors (Lipinski definition) is 4. The highest BCUT2D eigenvalue weighted by molar-refractivity contribution is 7.26. The molecule has 1 N–H and O–H groups in total. The lowest BCUT2D eigenvalue weighted by molar-refractivity contribution is 0.519. The number of nitrogens with one attached hydrogen (secondary N) is 1. The van der Waals surface area contributed by atoms with E-state index in [1.807, 2.05) is 34.4 Å². The van der Waals surface area contributed by atoms with Crippen molar-refractivity contribution in [3.8, 4) is 0 Å². The fourth-order valence-corrected chi connectivity index (χ4v) is 4.81. The molecular weight excluding hydrogens is 298 g/mol. The van der Waals surface area contributed by atoms with Crippen molar-refractivity contribution in [2.75, 3.05) is 6.54 Å². The summed E-state index contributed by atoms with van der Waals surface area (Å²) in [6, 6.07) is 7.14. The molecule has 1 unspecified atom stereocenters. The second kappa shape index (κ2) is 6.30. The van der Waals surface area contributed by atoms with Gasteiger partial charge >= 0.3 is 0 Å². The van der Waals surface area contributed by atoms with Crippen LogP contribution in [0.5, 0.6) is 0 Å². The van der Waals surface area contributed by atoms with Gasteiger partial charge in [0.2, 0.25) is 0 Å². The lowest BCUT2D eigenvalue weighted by atomic mass is 10.1. The maximum absolute atomic E-state index is 4.47. The SMILES string of the molecule is CCCNC(Cc1cc(C)nn1C)c1cc2sccc2s1. The Hall–Kier alpha value is -1.17. The van der Waals surface area contributed by atoms with E-state index >= 15 is 0 Å². The Bertz CT molecular complexity index is 694. The molecule has 1 atom stereocenters. The predicted octanol–water partition coefficient (Wildman–Crippen LogP) is 4.29. The first-order valence-corrected chi connectivity index (χ1v) is 9.07. The minimum Gasteiger partial charge on any atom is -0.309 e. The van der Waals surface area contributed by atoms with Crippen molar-refractivity contribution in [3.63, 3.8) is 0 Å². The summed E-state index contributed by atoms with van der Waals surface area (Å²) in [5, 5.41) is 10.3. The predicted molar refractivity (Wildman–Crippen MR) is 92.4 cm³/mol. The van der Waals surface area contributed by atoms with Gasteiger partial charge in [-0.1, -0.05) is 6.92 Å². The molecule has 0 aliphatic heterocycles. The molecule has 3 heterocycles. The van der Waals surface area contributed by atoms with E-state index in [0.29, 0.717) is 6.04 Å². The van der Waals surface area contributed by atoms with E-state index in [9.17, 15) is 0 Å². The highest BCUT2D eigenvalue weighted by Crippen LogP contribution is 2.34. The summed E-state index contributed by atoms with van der Waals surface area (Å²) >= 11 is 3.74. The third-order valence-electron chi connectivity index (χ3n) is 3.65. The molecule has 0 saturated heterocycles. The lowest BCUT2D eigenvalue weighted by Crippen LogP contribution is -2.24. The molecule has 21 heavy (non-hydrogen) atoms. The zero-order valence-corrected chi connectivity index (χ0v) is 14.4. The van der Waals surface area contributed by atoms with Gasteiger partial charge in [0.1, 0.15) is 0 Å². The second-order valence-electron chi connectivity index (χ2n) is 5.41. The molecule has 0 aliphatic rings. The molecule has 3 aromatic rings. The Morgan fingerprint density at radius 3 is 2.86 bits per heavy atom. The monoisotopic (exact) mass is 319 g/mol. The third-order valence-corrected chi connectivity index (χ3v) is 5.86. The molecule has 112 valence electrons. The van der Waals surface area contributed by atoms with Crippen molar-refractivity contribution in [2.45, 2.75) is 32.7 Å². The summed E-state index contributed by atoms with van der Waals surface area (Å²) in [5.74, 6) is 0. The number of aromatic nitrogens is 2. The third kappa shape index (κ3) is 3.20. The average molecular weight is 319 g/mol. The molecule has 0 amide bonds. The van der Waals surface area contributed by atoms with Gasteiger partial charge in [-0.05, 0) is 43.5 Å². The zero-order chi connectivity index (χ0) is 14.8. The van der Waals surface area contributed by atoms with Crippen LogP contribution in [0.1, 0.15) is 35.7 Å². The smallest absolute Gasteiger partial charge is 0.0596 e. The molecule has 0 fully saturated rings. The van der Waals surface area contributed by atoms with Gasteiger partial charge in [0.15, 0.2) is 0 Å². The Labute approximate surface area is 133 Å². The molecule has 0 aliphatic carbocycles. The summed E-state index contributed by atoms with van der Waals surface area (Å²) in [6.07, 6.45) is 2.14. The number of aryl methyl sites for hydroxylation is 2. The van der Waals surface area contributed by atoms with Crippen molar-refractivity contribution >= 4 is 32.1 Å². The molecule has 0 spiro atoms. The summed E-state index contributed by atoms with van der Waals surface area (Å²) < 4.78 is 4.81. The first-order valence-electron chi connectivity index (χ1n) is 7.37. The van der Waals surface area contributed by atoms with E-state index in [1.54, 1.807) is 0 Å². The van der Waals surface area contributed by atoms with Crippen LogP contribution >= 0.6 is 22.7 Å². The first kappa shape index (κ1) is 14.8. The molecule has 0 aromatic carbocycles. The fraction of sp³-hybridized carbons (Fsp3) is 0.438. The normalized spacial score (nSPS) is 13.1. The molecule has 5 heteroatoms. The van der Waals surface area contributed by atoms with Crippen LogP contribution in [0.25, 0.3) is 9.40 Å². The Balaban J connectivity index is 1.86. The van der Waals surface area contributed by atoms with E-state index < -0.39 is 0 Å². The second-order valence-corrected chi connectivity index (χ2v) is 7.47. The first-order chi connectivity index (χ1) is 10.2. The van der Waals surface area contributed by atoms with Crippen molar-refractivity contribution in [3.05, 3.63) is 39.8 Å². The fourth-order valence-electron chi connectivity index (χ4n) is 2.61.